The molecule has 0 atom stereocenters. The van der Waals surface area contributed by atoms with E-state index in [2.05, 4.69) is 4.74 Å². The van der Waals surface area contributed by atoms with Gasteiger partial charge in [-0.1, -0.05) is 30.3 Å². The van der Waals surface area contributed by atoms with Crippen LogP contribution in [0.2, 0.25) is 0 Å². The van der Waals surface area contributed by atoms with Crippen molar-refractivity contribution in [3.8, 4) is 17.2 Å². The Morgan fingerprint density at radius 1 is 1.00 bits per heavy atom. The first-order chi connectivity index (χ1) is 16.0. The van der Waals surface area contributed by atoms with Crippen molar-refractivity contribution in [1.29, 1.82) is 0 Å². The van der Waals surface area contributed by atoms with Crippen LogP contribution in [0.5, 0.6) is 17.2 Å². The van der Waals surface area contributed by atoms with Gasteiger partial charge in [-0.25, -0.2) is 4.79 Å². The summed E-state index contributed by atoms with van der Waals surface area (Å²) >= 11 is 0. The maximum Gasteiger partial charge on any atom is 0.337 e. The van der Waals surface area contributed by atoms with Gasteiger partial charge in [0, 0.05) is 13.1 Å². The average molecular weight is 445 g/mol. The lowest BCUT2D eigenvalue weighted by Gasteiger charge is -2.18. The summed E-state index contributed by atoms with van der Waals surface area (Å²) in [6.07, 6.45) is 1.24. The molecule has 0 spiro atoms. The standard InChI is InChI=1S/C26H23NO6/c1-27(14-17-6-4-3-5-7-17)15-21-22(28)13-12-20-24(29)23(16-32-25(20)21)33-19-10-8-18(9-11-19)26(30)31-2/h3-13,16,28H,14-15H2,1-2H3. The zero-order chi connectivity index (χ0) is 23.4. The Bertz CT molecular complexity index is 1330. The summed E-state index contributed by atoms with van der Waals surface area (Å²) in [6.45, 7) is 1.06. The van der Waals surface area contributed by atoms with E-state index in [1.54, 1.807) is 24.3 Å². The van der Waals surface area contributed by atoms with Crippen LogP contribution in [0.4, 0.5) is 0 Å². The molecule has 0 saturated heterocycles. The minimum absolute atomic E-state index is 0.00241. The number of hydrogen-bond acceptors (Lipinski definition) is 7. The van der Waals surface area contributed by atoms with Crippen molar-refractivity contribution in [1.82, 2.24) is 4.90 Å². The Morgan fingerprint density at radius 3 is 2.42 bits per heavy atom. The molecule has 4 aromatic rings. The van der Waals surface area contributed by atoms with Crippen molar-refractivity contribution in [3.05, 3.63) is 99.9 Å². The van der Waals surface area contributed by atoms with Gasteiger partial charge >= 0.3 is 5.97 Å². The second kappa shape index (κ2) is 9.58. The summed E-state index contributed by atoms with van der Waals surface area (Å²) in [4.78, 5) is 26.6. The number of hydrogen-bond donors (Lipinski definition) is 1. The van der Waals surface area contributed by atoms with Crippen molar-refractivity contribution < 1.29 is 23.8 Å². The number of phenols is 1. The van der Waals surface area contributed by atoms with Gasteiger partial charge in [-0.15, -0.1) is 0 Å². The SMILES string of the molecule is COC(=O)c1ccc(Oc2coc3c(CN(C)Cc4ccccc4)c(O)ccc3c2=O)cc1. The zero-order valence-electron chi connectivity index (χ0n) is 18.3. The van der Waals surface area contributed by atoms with E-state index in [9.17, 15) is 14.7 Å². The molecule has 0 bridgehead atoms. The number of aromatic hydroxyl groups is 1. The average Bonchev–Trinajstić information content (AvgIpc) is 2.83. The van der Waals surface area contributed by atoms with Crippen LogP contribution in [0.3, 0.4) is 0 Å². The number of ether oxygens (including phenoxy) is 2. The van der Waals surface area contributed by atoms with E-state index in [0.717, 1.165) is 5.56 Å². The molecule has 0 radical (unpaired) electrons. The number of methoxy groups -OCH3 is 1. The number of esters is 1. The number of rotatable bonds is 7. The van der Waals surface area contributed by atoms with E-state index < -0.39 is 5.97 Å². The fourth-order valence-electron chi connectivity index (χ4n) is 3.58. The summed E-state index contributed by atoms with van der Waals surface area (Å²) in [7, 11) is 3.23. The molecule has 0 aliphatic rings. The van der Waals surface area contributed by atoms with Crippen LogP contribution >= 0.6 is 0 Å². The zero-order valence-corrected chi connectivity index (χ0v) is 18.3. The summed E-state index contributed by atoms with van der Waals surface area (Å²) in [6, 6.07) is 19.2. The van der Waals surface area contributed by atoms with Gasteiger partial charge in [-0.05, 0) is 49.0 Å². The monoisotopic (exact) mass is 445 g/mol. The smallest absolute Gasteiger partial charge is 0.337 e. The lowest BCUT2D eigenvalue weighted by Crippen LogP contribution is -2.18. The van der Waals surface area contributed by atoms with Gasteiger partial charge < -0.3 is 19.0 Å². The first-order valence-electron chi connectivity index (χ1n) is 10.3. The fourth-order valence-corrected chi connectivity index (χ4v) is 3.58. The van der Waals surface area contributed by atoms with Crippen LogP contribution in [-0.4, -0.2) is 30.1 Å². The lowest BCUT2D eigenvalue weighted by atomic mass is 10.1. The molecule has 0 aliphatic heterocycles. The number of carbonyl (C=O) groups excluding carboxylic acids is 1. The van der Waals surface area contributed by atoms with Gasteiger partial charge in [0.2, 0.25) is 11.2 Å². The number of fused-ring (bicyclic) bond motifs is 1. The maximum absolute atomic E-state index is 13.0. The Morgan fingerprint density at radius 2 is 1.73 bits per heavy atom. The summed E-state index contributed by atoms with van der Waals surface area (Å²) in [5.74, 6) is -0.0348. The lowest BCUT2D eigenvalue weighted by molar-refractivity contribution is 0.0600. The third kappa shape index (κ3) is 4.88. The van der Waals surface area contributed by atoms with Crippen LogP contribution in [0.15, 0.2) is 82.2 Å². The van der Waals surface area contributed by atoms with Gasteiger partial charge in [0.1, 0.15) is 23.3 Å². The molecule has 1 N–H and O–H groups in total. The van der Waals surface area contributed by atoms with Crippen molar-refractivity contribution in [2.75, 3.05) is 14.2 Å². The van der Waals surface area contributed by atoms with Crippen LogP contribution in [0, 0.1) is 0 Å². The van der Waals surface area contributed by atoms with E-state index in [1.807, 2.05) is 42.3 Å². The number of carbonyl (C=O) groups is 1. The van der Waals surface area contributed by atoms with Crippen LogP contribution in [0.25, 0.3) is 11.0 Å². The Kier molecular flexibility index (Phi) is 6.42. The number of benzene rings is 3. The minimum Gasteiger partial charge on any atom is -0.507 e. The summed E-state index contributed by atoms with van der Waals surface area (Å²) in [5, 5.41) is 10.8. The van der Waals surface area contributed by atoms with Gasteiger partial charge in [0.25, 0.3) is 0 Å². The molecule has 4 rings (SSSR count). The molecular weight excluding hydrogens is 422 g/mol. The Labute approximate surface area is 190 Å². The highest BCUT2D eigenvalue weighted by Crippen LogP contribution is 2.29. The van der Waals surface area contributed by atoms with Gasteiger partial charge in [0.05, 0.1) is 23.6 Å². The molecule has 0 aliphatic carbocycles. The van der Waals surface area contributed by atoms with E-state index in [1.165, 1.54) is 25.5 Å². The molecule has 0 unspecified atom stereocenters. The second-order valence-electron chi connectivity index (χ2n) is 7.64. The van der Waals surface area contributed by atoms with E-state index in [-0.39, 0.29) is 16.9 Å². The molecule has 168 valence electrons. The van der Waals surface area contributed by atoms with Crippen LogP contribution in [-0.2, 0) is 17.8 Å². The first-order valence-corrected chi connectivity index (χ1v) is 10.3. The molecule has 0 fully saturated rings. The molecule has 7 heteroatoms. The molecule has 0 amide bonds. The molecule has 1 heterocycles. The number of phenolic OH excluding ortho intramolecular Hbond substituents is 1. The van der Waals surface area contributed by atoms with Crippen molar-refractivity contribution >= 4 is 16.9 Å². The topological polar surface area (TPSA) is 89.2 Å². The van der Waals surface area contributed by atoms with Crippen molar-refractivity contribution in [2.45, 2.75) is 13.1 Å². The largest absolute Gasteiger partial charge is 0.507 e. The number of nitrogens with zero attached hydrogens (tertiary/aromatic N) is 1. The Hall–Kier alpha value is -4.10. The summed E-state index contributed by atoms with van der Waals surface area (Å²) in [5.41, 5.74) is 1.98. The third-order valence-electron chi connectivity index (χ3n) is 5.21. The third-order valence-corrected chi connectivity index (χ3v) is 5.21. The second-order valence-corrected chi connectivity index (χ2v) is 7.64. The summed E-state index contributed by atoms with van der Waals surface area (Å²) < 4.78 is 16.1. The normalized spacial score (nSPS) is 11.0. The van der Waals surface area contributed by atoms with Crippen molar-refractivity contribution in [3.63, 3.8) is 0 Å². The predicted octanol–water partition coefficient (Wildman–Crippen LogP) is 4.71. The molecule has 0 saturated carbocycles. The fraction of sp³-hybridized carbons (Fsp3) is 0.154. The van der Waals surface area contributed by atoms with Gasteiger partial charge in [-0.3, -0.25) is 9.69 Å². The highest BCUT2D eigenvalue weighted by molar-refractivity contribution is 5.89. The van der Waals surface area contributed by atoms with Gasteiger partial charge in [0.15, 0.2) is 0 Å². The molecule has 7 nitrogen and oxygen atoms in total. The molecular formula is C26H23NO6. The van der Waals surface area contributed by atoms with E-state index in [4.69, 9.17) is 9.15 Å². The highest BCUT2D eigenvalue weighted by atomic mass is 16.5. The first kappa shape index (κ1) is 22.1. The highest BCUT2D eigenvalue weighted by Gasteiger charge is 2.17. The van der Waals surface area contributed by atoms with E-state index in [0.29, 0.717) is 40.9 Å². The quantitative estimate of drug-likeness (QED) is 0.412. The molecule has 3 aromatic carbocycles. The Balaban J connectivity index is 1.60. The molecule has 1 aromatic heterocycles. The van der Waals surface area contributed by atoms with Crippen molar-refractivity contribution in [2.24, 2.45) is 0 Å². The maximum atomic E-state index is 13.0. The predicted molar refractivity (Wildman–Crippen MR) is 124 cm³/mol. The van der Waals surface area contributed by atoms with Gasteiger partial charge in [-0.2, -0.15) is 0 Å². The van der Waals surface area contributed by atoms with E-state index >= 15 is 0 Å². The van der Waals surface area contributed by atoms with Crippen LogP contribution < -0.4 is 10.2 Å². The molecule has 33 heavy (non-hydrogen) atoms. The minimum atomic E-state index is -0.462. The van der Waals surface area contributed by atoms with Crippen LogP contribution in [0.1, 0.15) is 21.5 Å².